The maximum atomic E-state index is 12.8. The number of nitrogens with zero attached hydrogens (tertiary/aromatic N) is 5. The molecule has 0 bridgehead atoms. The van der Waals surface area contributed by atoms with E-state index >= 15 is 0 Å². The van der Waals surface area contributed by atoms with Gasteiger partial charge in [0.15, 0.2) is 17.0 Å². The third kappa shape index (κ3) is 9.46. The average Bonchev–Trinajstić information content (AvgIpc) is 3.76. The van der Waals surface area contributed by atoms with E-state index in [9.17, 15) is 14.4 Å². The van der Waals surface area contributed by atoms with Gasteiger partial charge in [-0.3, -0.25) is 19.1 Å². The van der Waals surface area contributed by atoms with Crippen molar-refractivity contribution in [2.24, 2.45) is 0 Å². The Morgan fingerprint density at radius 2 is 1.90 bits per heavy atom. The Kier molecular flexibility index (Phi) is 11.8. The van der Waals surface area contributed by atoms with Gasteiger partial charge in [0.2, 0.25) is 0 Å². The number of rotatable bonds is 13. The summed E-state index contributed by atoms with van der Waals surface area (Å²) in [5.74, 6) is 2.04. The molecule has 6 rings (SSSR count). The molecule has 4 heterocycles. The van der Waals surface area contributed by atoms with E-state index in [4.69, 9.17) is 25.4 Å². The van der Waals surface area contributed by atoms with E-state index in [1.807, 2.05) is 30.3 Å². The number of aromatic nitrogens is 4. The summed E-state index contributed by atoms with van der Waals surface area (Å²) in [7, 11) is 0. The maximum Gasteiger partial charge on any atom is 0.508 e. The number of terminal acetylenes is 1. The highest BCUT2D eigenvalue weighted by atomic mass is 16.7. The van der Waals surface area contributed by atoms with Crippen molar-refractivity contribution < 1.29 is 33.3 Å². The molecule has 2 aliphatic rings. The Morgan fingerprint density at radius 1 is 1.08 bits per heavy atom. The molecule has 0 spiro atoms. The van der Waals surface area contributed by atoms with Crippen molar-refractivity contribution >= 4 is 35.0 Å². The zero-order valence-corrected chi connectivity index (χ0v) is 28.4. The van der Waals surface area contributed by atoms with Gasteiger partial charge in [0.1, 0.15) is 38.0 Å². The predicted molar refractivity (Wildman–Crippen MR) is 186 cm³/mol. The average molecular weight is 696 g/mol. The molecule has 51 heavy (non-hydrogen) atoms. The number of nitrogens with one attached hydrogen (secondary N) is 2. The van der Waals surface area contributed by atoms with Gasteiger partial charge >= 0.3 is 12.1 Å². The van der Waals surface area contributed by atoms with Gasteiger partial charge in [-0.05, 0) is 49.2 Å². The van der Waals surface area contributed by atoms with E-state index in [0.29, 0.717) is 35.9 Å². The predicted octanol–water partition coefficient (Wildman–Crippen LogP) is 4.08. The lowest BCUT2D eigenvalue weighted by molar-refractivity contribution is -0.150. The molecular weight excluding hydrogens is 654 g/mol. The fourth-order valence-corrected chi connectivity index (χ4v) is 6.32. The van der Waals surface area contributed by atoms with Crippen LogP contribution < -0.4 is 10.6 Å². The standard InChI is InChI=1S/C37H41N7O7/c1-3-26-12-14-27(15-13-26)20-43(21-29-11-7-8-16-38-29)17-18-48-37(47)49-22-31-30(50-25(2)45)19-32(51-31)44-24-41-33-34(39-23-40-35(33)44)42-36(46)28-9-5-4-6-10-28/h1,4-6,9-10,12-15,23-24,29-32,38H,7-8,11,16-22H2,2H3,(H,39,40,42,46)/t29?,30-,31+,32+/m0/s1. The van der Waals surface area contributed by atoms with Crippen LogP contribution in [0.25, 0.3) is 11.2 Å². The molecule has 2 saturated heterocycles. The van der Waals surface area contributed by atoms with Crippen LogP contribution in [0.5, 0.6) is 0 Å². The summed E-state index contributed by atoms with van der Waals surface area (Å²) in [6.07, 6.45) is 9.05. The van der Waals surface area contributed by atoms with Crippen molar-refractivity contribution in [3.63, 3.8) is 0 Å². The molecule has 2 fully saturated rings. The third-order valence-electron chi connectivity index (χ3n) is 8.85. The molecule has 2 aromatic carbocycles. The maximum absolute atomic E-state index is 12.8. The minimum absolute atomic E-state index is 0.124. The zero-order chi connectivity index (χ0) is 35.6. The zero-order valence-electron chi connectivity index (χ0n) is 28.4. The molecule has 4 aromatic rings. The quantitative estimate of drug-likeness (QED) is 0.153. The van der Waals surface area contributed by atoms with Gasteiger partial charge in [-0.1, -0.05) is 42.7 Å². The molecule has 14 nitrogen and oxygen atoms in total. The number of hydrogen-bond acceptors (Lipinski definition) is 12. The Hall–Kier alpha value is -5.36. The van der Waals surface area contributed by atoms with E-state index in [1.165, 1.54) is 32.4 Å². The normalized spacial score (nSPS) is 20.1. The smallest absolute Gasteiger partial charge is 0.459 e. The minimum atomic E-state index is -0.850. The summed E-state index contributed by atoms with van der Waals surface area (Å²) in [6, 6.07) is 17.0. The van der Waals surface area contributed by atoms with Crippen LogP contribution >= 0.6 is 0 Å². The SMILES string of the molecule is C#Cc1ccc(CN(CCOC(=O)OC[C@H]2O[C@@H](n3cnc4c(NC(=O)c5ccccc5)ncnc43)C[C@@H]2OC(C)=O)CC2CCCCN2)cc1. The summed E-state index contributed by atoms with van der Waals surface area (Å²) in [5.41, 5.74) is 3.16. The molecule has 1 amide bonds. The second-order valence-corrected chi connectivity index (χ2v) is 12.5. The van der Waals surface area contributed by atoms with E-state index in [-0.39, 0.29) is 31.4 Å². The van der Waals surface area contributed by atoms with Crippen LogP contribution in [-0.2, 0) is 30.3 Å². The first kappa shape index (κ1) is 35.5. The number of imidazole rings is 1. The van der Waals surface area contributed by atoms with Crippen LogP contribution in [-0.4, -0.2) is 93.5 Å². The molecule has 2 aromatic heterocycles. The lowest BCUT2D eigenvalue weighted by Crippen LogP contribution is -2.44. The fraction of sp³-hybridized carbons (Fsp3) is 0.405. The van der Waals surface area contributed by atoms with Gasteiger partial charge < -0.3 is 29.6 Å². The first-order valence-corrected chi connectivity index (χ1v) is 17.0. The third-order valence-corrected chi connectivity index (χ3v) is 8.85. The Morgan fingerprint density at radius 3 is 2.65 bits per heavy atom. The number of amides is 1. The first-order chi connectivity index (χ1) is 24.9. The molecule has 0 saturated carbocycles. The molecule has 14 heteroatoms. The van der Waals surface area contributed by atoms with E-state index in [1.54, 1.807) is 28.8 Å². The molecule has 2 N–H and O–H groups in total. The van der Waals surface area contributed by atoms with Crippen molar-refractivity contribution in [1.29, 1.82) is 0 Å². The van der Waals surface area contributed by atoms with Crippen molar-refractivity contribution in [3.8, 4) is 12.3 Å². The Bertz CT molecular complexity index is 1840. The molecule has 1 unspecified atom stereocenters. The lowest BCUT2D eigenvalue weighted by atomic mass is 10.0. The van der Waals surface area contributed by atoms with Crippen molar-refractivity contribution in [3.05, 3.63) is 83.9 Å². The van der Waals surface area contributed by atoms with E-state index < -0.39 is 30.6 Å². The lowest BCUT2D eigenvalue weighted by Gasteiger charge is -2.30. The highest BCUT2D eigenvalue weighted by Crippen LogP contribution is 2.34. The Balaban J connectivity index is 1.04. The summed E-state index contributed by atoms with van der Waals surface area (Å²) >= 11 is 0. The van der Waals surface area contributed by atoms with Gasteiger partial charge in [0, 0.05) is 50.1 Å². The largest absolute Gasteiger partial charge is 0.508 e. The first-order valence-electron chi connectivity index (χ1n) is 17.0. The van der Waals surface area contributed by atoms with Gasteiger partial charge in [-0.2, -0.15) is 0 Å². The number of esters is 1. The van der Waals surface area contributed by atoms with Gasteiger partial charge in [0.05, 0.1) is 6.33 Å². The molecule has 266 valence electrons. The number of carbonyl (C=O) groups is 3. The summed E-state index contributed by atoms with van der Waals surface area (Å²) in [6.45, 7) is 4.22. The highest BCUT2D eigenvalue weighted by Gasteiger charge is 2.40. The number of anilines is 1. The van der Waals surface area contributed by atoms with Crippen LogP contribution in [0.15, 0.2) is 67.3 Å². The van der Waals surface area contributed by atoms with Crippen molar-refractivity contribution in [2.75, 3.05) is 38.2 Å². The molecule has 4 atom stereocenters. The number of piperidine rings is 1. The van der Waals surface area contributed by atoms with Crippen LogP contribution in [0.3, 0.4) is 0 Å². The van der Waals surface area contributed by atoms with Crippen molar-refractivity contribution in [1.82, 2.24) is 29.7 Å². The summed E-state index contributed by atoms with van der Waals surface area (Å²) in [5, 5.41) is 6.36. The fourth-order valence-electron chi connectivity index (χ4n) is 6.32. The highest BCUT2D eigenvalue weighted by molar-refractivity contribution is 6.06. The molecular formula is C37H41N7O7. The summed E-state index contributed by atoms with van der Waals surface area (Å²) in [4.78, 5) is 52.7. The summed E-state index contributed by atoms with van der Waals surface area (Å²) < 4.78 is 24.3. The van der Waals surface area contributed by atoms with Crippen LogP contribution in [0, 0.1) is 12.3 Å². The second-order valence-electron chi connectivity index (χ2n) is 12.5. The number of ether oxygens (including phenoxy) is 4. The van der Waals surface area contributed by atoms with E-state index in [2.05, 4.69) is 36.4 Å². The van der Waals surface area contributed by atoms with E-state index in [0.717, 1.165) is 30.6 Å². The van der Waals surface area contributed by atoms with Crippen molar-refractivity contribution in [2.45, 2.75) is 63.6 Å². The Labute approximate surface area is 295 Å². The number of fused-ring (bicyclic) bond motifs is 1. The van der Waals surface area contributed by atoms with Gasteiger partial charge in [0.25, 0.3) is 5.91 Å². The van der Waals surface area contributed by atoms with Gasteiger partial charge in [-0.15, -0.1) is 6.42 Å². The van der Waals surface area contributed by atoms with Crippen LogP contribution in [0.1, 0.15) is 60.3 Å². The number of benzene rings is 2. The van der Waals surface area contributed by atoms with Crippen LogP contribution in [0.4, 0.5) is 10.6 Å². The second kappa shape index (κ2) is 17.0. The van der Waals surface area contributed by atoms with Crippen LogP contribution in [0.2, 0.25) is 0 Å². The van der Waals surface area contributed by atoms with Gasteiger partial charge in [-0.25, -0.2) is 19.7 Å². The number of carbonyl (C=O) groups excluding carboxylic acids is 3. The molecule has 0 aliphatic carbocycles. The monoisotopic (exact) mass is 695 g/mol. The topological polar surface area (TPSA) is 159 Å². The number of hydrogen-bond donors (Lipinski definition) is 2. The molecule has 2 aliphatic heterocycles. The minimum Gasteiger partial charge on any atom is -0.459 e. The molecule has 0 radical (unpaired) electrons.